The summed E-state index contributed by atoms with van der Waals surface area (Å²) in [5.41, 5.74) is 0. The first-order valence-corrected chi connectivity index (χ1v) is 8.22. The van der Waals surface area contributed by atoms with E-state index >= 15 is 0 Å². The molecule has 0 bridgehead atoms. The fourth-order valence-corrected chi connectivity index (χ4v) is 2.80. The average Bonchev–Trinajstić information content (AvgIpc) is 2.45. The van der Waals surface area contributed by atoms with Crippen LogP contribution in [0.15, 0.2) is 28.7 Å². The highest BCUT2D eigenvalue weighted by atomic mass is 79.9. The van der Waals surface area contributed by atoms with Crippen LogP contribution in [0, 0.1) is 5.92 Å². The molecule has 1 heterocycles. The Bertz CT molecular complexity index is 383. The number of rotatable bonds is 7. The Hall–Kier alpha value is -0.580. The van der Waals surface area contributed by atoms with Gasteiger partial charge in [-0.15, -0.1) is 0 Å². The van der Waals surface area contributed by atoms with E-state index in [1.807, 2.05) is 24.3 Å². The first kappa shape index (κ1) is 15.8. The molecule has 112 valence electrons. The first-order chi connectivity index (χ1) is 9.74. The van der Waals surface area contributed by atoms with Crippen LogP contribution in [0.4, 0.5) is 0 Å². The Balaban J connectivity index is 1.50. The molecule has 0 N–H and O–H groups in total. The highest BCUT2D eigenvalue weighted by Gasteiger charge is 2.15. The zero-order valence-corrected chi connectivity index (χ0v) is 13.8. The van der Waals surface area contributed by atoms with Gasteiger partial charge in [0.1, 0.15) is 12.4 Å². The fourth-order valence-electron chi connectivity index (χ4n) is 2.53. The molecule has 3 nitrogen and oxygen atoms in total. The van der Waals surface area contributed by atoms with Gasteiger partial charge in [0.15, 0.2) is 0 Å². The van der Waals surface area contributed by atoms with E-state index in [0.717, 1.165) is 29.3 Å². The van der Waals surface area contributed by atoms with Crippen molar-refractivity contribution < 1.29 is 9.47 Å². The molecule has 0 spiro atoms. The van der Waals surface area contributed by atoms with E-state index in [-0.39, 0.29) is 0 Å². The summed E-state index contributed by atoms with van der Waals surface area (Å²) in [6, 6.07) is 7.87. The molecule has 0 amide bonds. The molecule has 1 aliphatic rings. The van der Waals surface area contributed by atoms with E-state index in [9.17, 15) is 0 Å². The number of ether oxygens (including phenoxy) is 2. The van der Waals surface area contributed by atoms with Gasteiger partial charge in [-0.3, -0.25) is 0 Å². The standard InChI is InChI=1S/C16H24BrNO2/c1-14-3-2-8-18(13-14)9-10-19-11-12-20-16-6-4-15(17)5-7-16/h4-7,14H,2-3,8-13H2,1H3. The lowest BCUT2D eigenvalue weighted by Crippen LogP contribution is -2.36. The Labute approximate surface area is 130 Å². The van der Waals surface area contributed by atoms with Gasteiger partial charge in [0.05, 0.1) is 13.2 Å². The lowest BCUT2D eigenvalue weighted by molar-refractivity contribution is 0.0688. The number of nitrogens with zero attached hydrogens (tertiary/aromatic N) is 1. The SMILES string of the molecule is CC1CCCN(CCOCCOc2ccc(Br)cc2)C1. The van der Waals surface area contributed by atoms with Crippen molar-refractivity contribution in [2.24, 2.45) is 5.92 Å². The maximum absolute atomic E-state index is 5.64. The molecular formula is C16H24BrNO2. The summed E-state index contributed by atoms with van der Waals surface area (Å²) in [4.78, 5) is 2.50. The minimum absolute atomic E-state index is 0.609. The van der Waals surface area contributed by atoms with Gasteiger partial charge in [0, 0.05) is 17.6 Å². The van der Waals surface area contributed by atoms with Crippen LogP contribution in [0.2, 0.25) is 0 Å². The van der Waals surface area contributed by atoms with Gasteiger partial charge >= 0.3 is 0 Å². The number of hydrogen-bond acceptors (Lipinski definition) is 3. The quantitative estimate of drug-likeness (QED) is 0.707. The first-order valence-electron chi connectivity index (χ1n) is 7.42. The maximum atomic E-state index is 5.64. The summed E-state index contributed by atoms with van der Waals surface area (Å²) >= 11 is 3.40. The molecule has 1 fully saturated rings. The van der Waals surface area contributed by atoms with Crippen LogP contribution in [-0.4, -0.2) is 44.4 Å². The van der Waals surface area contributed by atoms with Crippen LogP contribution in [0.1, 0.15) is 19.8 Å². The molecule has 1 aromatic rings. The summed E-state index contributed by atoms with van der Waals surface area (Å²) in [5, 5.41) is 0. The van der Waals surface area contributed by atoms with Gasteiger partial charge in [-0.25, -0.2) is 0 Å². The van der Waals surface area contributed by atoms with E-state index in [0.29, 0.717) is 13.2 Å². The average molecular weight is 342 g/mol. The summed E-state index contributed by atoms with van der Waals surface area (Å²) in [6.45, 7) is 7.89. The van der Waals surface area contributed by atoms with Crippen LogP contribution in [0.25, 0.3) is 0 Å². The molecular weight excluding hydrogens is 318 g/mol. The number of likely N-dealkylation sites (tertiary alicyclic amines) is 1. The van der Waals surface area contributed by atoms with Gasteiger partial charge in [-0.2, -0.15) is 0 Å². The highest BCUT2D eigenvalue weighted by molar-refractivity contribution is 9.10. The maximum Gasteiger partial charge on any atom is 0.119 e. The van der Waals surface area contributed by atoms with Gasteiger partial charge < -0.3 is 14.4 Å². The third kappa shape index (κ3) is 5.81. The van der Waals surface area contributed by atoms with E-state index in [1.54, 1.807) is 0 Å². The molecule has 1 aliphatic heterocycles. The summed E-state index contributed by atoms with van der Waals surface area (Å²) < 4.78 is 12.3. The molecule has 2 rings (SSSR count). The van der Waals surface area contributed by atoms with Crippen LogP contribution >= 0.6 is 15.9 Å². The van der Waals surface area contributed by atoms with Gasteiger partial charge in [0.25, 0.3) is 0 Å². The predicted molar refractivity (Wildman–Crippen MR) is 85.3 cm³/mol. The van der Waals surface area contributed by atoms with Gasteiger partial charge in [-0.05, 0) is 49.6 Å². The van der Waals surface area contributed by atoms with Crippen molar-refractivity contribution in [1.82, 2.24) is 4.90 Å². The molecule has 20 heavy (non-hydrogen) atoms. The molecule has 0 saturated carbocycles. The second-order valence-corrected chi connectivity index (χ2v) is 6.38. The van der Waals surface area contributed by atoms with Crippen LogP contribution < -0.4 is 4.74 Å². The topological polar surface area (TPSA) is 21.7 Å². The van der Waals surface area contributed by atoms with Crippen molar-refractivity contribution in [2.75, 3.05) is 39.5 Å². The lowest BCUT2D eigenvalue weighted by Gasteiger charge is -2.30. The van der Waals surface area contributed by atoms with E-state index in [2.05, 4.69) is 27.8 Å². The second kappa shape index (κ2) is 8.65. The van der Waals surface area contributed by atoms with Crippen LogP contribution in [-0.2, 0) is 4.74 Å². The Morgan fingerprint density at radius 2 is 2.00 bits per heavy atom. The lowest BCUT2D eigenvalue weighted by atomic mass is 10.0. The molecule has 1 unspecified atom stereocenters. The molecule has 0 radical (unpaired) electrons. The largest absolute Gasteiger partial charge is 0.491 e. The molecule has 1 saturated heterocycles. The van der Waals surface area contributed by atoms with Crippen LogP contribution in [0.3, 0.4) is 0 Å². The Morgan fingerprint density at radius 3 is 2.75 bits per heavy atom. The zero-order valence-electron chi connectivity index (χ0n) is 12.2. The predicted octanol–water partition coefficient (Wildman–Crippen LogP) is 3.58. The van der Waals surface area contributed by atoms with Crippen molar-refractivity contribution in [3.05, 3.63) is 28.7 Å². The van der Waals surface area contributed by atoms with Crippen LogP contribution in [0.5, 0.6) is 5.75 Å². The zero-order chi connectivity index (χ0) is 14.2. The van der Waals surface area contributed by atoms with Crippen molar-refractivity contribution >= 4 is 15.9 Å². The Morgan fingerprint density at radius 1 is 1.20 bits per heavy atom. The molecule has 4 heteroatoms. The normalized spacial score (nSPS) is 20.0. The number of hydrogen-bond donors (Lipinski definition) is 0. The van der Waals surface area contributed by atoms with E-state index in [4.69, 9.17) is 9.47 Å². The summed E-state index contributed by atoms with van der Waals surface area (Å²) in [7, 11) is 0. The molecule has 0 aliphatic carbocycles. The monoisotopic (exact) mass is 341 g/mol. The van der Waals surface area contributed by atoms with Gasteiger partial charge in [-0.1, -0.05) is 22.9 Å². The second-order valence-electron chi connectivity index (χ2n) is 5.46. The Kier molecular flexibility index (Phi) is 6.83. The van der Waals surface area contributed by atoms with Crippen molar-refractivity contribution in [2.45, 2.75) is 19.8 Å². The summed E-state index contributed by atoms with van der Waals surface area (Å²) in [6.07, 6.45) is 2.70. The highest BCUT2D eigenvalue weighted by Crippen LogP contribution is 2.16. The van der Waals surface area contributed by atoms with E-state index < -0.39 is 0 Å². The number of piperidine rings is 1. The fraction of sp³-hybridized carbons (Fsp3) is 0.625. The molecule has 1 aromatic carbocycles. The van der Waals surface area contributed by atoms with E-state index in [1.165, 1.54) is 25.9 Å². The van der Waals surface area contributed by atoms with Crippen molar-refractivity contribution in [1.29, 1.82) is 0 Å². The van der Waals surface area contributed by atoms with Crippen molar-refractivity contribution in [3.8, 4) is 5.75 Å². The minimum Gasteiger partial charge on any atom is -0.491 e. The third-order valence-electron chi connectivity index (χ3n) is 3.60. The molecule has 0 aromatic heterocycles. The smallest absolute Gasteiger partial charge is 0.119 e. The minimum atomic E-state index is 0.609. The van der Waals surface area contributed by atoms with Gasteiger partial charge in [0.2, 0.25) is 0 Å². The molecule has 1 atom stereocenters. The summed E-state index contributed by atoms with van der Waals surface area (Å²) in [5.74, 6) is 1.73. The number of halogens is 1. The third-order valence-corrected chi connectivity index (χ3v) is 4.13. The number of benzene rings is 1. The van der Waals surface area contributed by atoms with Crippen molar-refractivity contribution in [3.63, 3.8) is 0 Å².